The van der Waals surface area contributed by atoms with E-state index in [2.05, 4.69) is 20.8 Å². The first-order chi connectivity index (χ1) is 5.07. The summed E-state index contributed by atoms with van der Waals surface area (Å²) in [5, 5.41) is 0. The van der Waals surface area contributed by atoms with Crippen molar-refractivity contribution in [2.75, 3.05) is 0 Å². The van der Waals surface area contributed by atoms with Crippen molar-refractivity contribution >= 4 is 0 Å². The second kappa shape index (κ2) is 5.56. The van der Waals surface area contributed by atoms with Gasteiger partial charge in [0.05, 0.1) is 6.17 Å². The third-order valence-electron chi connectivity index (χ3n) is 2.64. The second-order valence-electron chi connectivity index (χ2n) is 3.72. The van der Waals surface area contributed by atoms with Crippen LogP contribution in [0.5, 0.6) is 0 Å². The summed E-state index contributed by atoms with van der Waals surface area (Å²) < 4.78 is 12.4. The summed E-state index contributed by atoms with van der Waals surface area (Å²) in [4.78, 5) is 0. The summed E-state index contributed by atoms with van der Waals surface area (Å²) in [6.07, 6.45) is 2.35. The lowest BCUT2D eigenvalue weighted by Gasteiger charge is -2.17. The molecule has 0 radical (unpaired) electrons. The quantitative estimate of drug-likeness (QED) is 0.573. The maximum atomic E-state index is 12.4. The lowest BCUT2D eigenvalue weighted by molar-refractivity contribution is 0.278. The molecule has 0 N–H and O–H groups in total. The van der Waals surface area contributed by atoms with Crippen molar-refractivity contribution in [2.45, 2.75) is 53.1 Å². The van der Waals surface area contributed by atoms with Gasteiger partial charge in [-0.3, -0.25) is 0 Å². The summed E-state index contributed by atoms with van der Waals surface area (Å²) in [7, 11) is 0. The topological polar surface area (TPSA) is 0 Å². The zero-order chi connectivity index (χ0) is 8.85. The van der Waals surface area contributed by atoms with Crippen molar-refractivity contribution in [3.05, 3.63) is 0 Å². The normalized spacial score (nSPS) is 19.4. The van der Waals surface area contributed by atoms with Crippen LogP contribution >= 0.6 is 0 Å². The van der Waals surface area contributed by atoms with E-state index < -0.39 is 6.17 Å². The van der Waals surface area contributed by atoms with Crippen LogP contribution in [0.1, 0.15) is 47.0 Å². The Morgan fingerprint density at radius 2 is 1.55 bits per heavy atom. The Bertz CT molecular complexity index is 88.9. The Labute approximate surface area is 70.2 Å². The van der Waals surface area contributed by atoms with E-state index in [1.54, 1.807) is 6.92 Å². The van der Waals surface area contributed by atoms with E-state index in [4.69, 9.17) is 0 Å². The molecular formula is C10H21F. The predicted molar refractivity (Wildman–Crippen MR) is 48.4 cm³/mol. The highest BCUT2D eigenvalue weighted by molar-refractivity contribution is 4.61. The van der Waals surface area contributed by atoms with Crippen LogP contribution in [0.15, 0.2) is 0 Å². The van der Waals surface area contributed by atoms with Crippen LogP contribution in [0.25, 0.3) is 0 Å². The second-order valence-corrected chi connectivity index (χ2v) is 3.72. The van der Waals surface area contributed by atoms with Gasteiger partial charge in [0.2, 0.25) is 0 Å². The molecule has 11 heavy (non-hydrogen) atoms. The predicted octanol–water partition coefficient (Wildman–Crippen LogP) is 3.81. The van der Waals surface area contributed by atoms with Gasteiger partial charge >= 0.3 is 0 Å². The first kappa shape index (κ1) is 10.9. The third kappa shape index (κ3) is 5.23. The fourth-order valence-corrected chi connectivity index (χ4v) is 1.18. The van der Waals surface area contributed by atoms with Crippen molar-refractivity contribution in [1.82, 2.24) is 0 Å². The van der Waals surface area contributed by atoms with E-state index in [0.29, 0.717) is 5.92 Å². The van der Waals surface area contributed by atoms with Crippen LogP contribution in [0.3, 0.4) is 0 Å². The molecule has 0 spiro atoms. The molecule has 1 heteroatoms. The van der Waals surface area contributed by atoms with Crippen molar-refractivity contribution in [3.8, 4) is 0 Å². The largest absolute Gasteiger partial charge is 0.248 e. The zero-order valence-corrected chi connectivity index (χ0v) is 8.23. The molecule has 0 saturated heterocycles. The summed E-state index contributed by atoms with van der Waals surface area (Å²) >= 11 is 0. The molecule has 0 bridgehead atoms. The molecule has 0 nitrogen and oxygen atoms in total. The van der Waals surface area contributed by atoms with Crippen LogP contribution in [-0.2, 0) is 0 Å². The molecule has 3 atom stereocenters. The first-order valence-electron chi connectivity index (χ1n) is 4.72. The van der Waals surface area contributed by atoms with E-state index >= 15 is 0 Å². The van der Waals surface area contributed by atoms with Crippen molar-refractivity contribution in [3.63, 3.8) is 0 Å². The molecule has 0 aromatic carbocycles. The Hall–Kier alpha value is -0.0700. The van der Waals surface area contributed by atoms with Gasteiger partial charge in [-0.25, -0.2) is 4.39 Å². The highest BCUT2D eigenvalue weighted by Gasteiger charge is 2.10. The minimum atomic E-state index is -0.624. The molecule has 0 fully saturated rings. The van der Waals surface area contributed by atoms with E-state index in [1.165, 1.54) is 6.42 Å². The molecule has 0 aliphatic heterocycles. The van der Waals surface area contributed by atoms with E-state index in [1.807, 2.05) is 0 Å². The lowest BCUT2D eigenvalue weighted by Crippen LogP contribution is -2.08. The van der Waals surface area contributed by atoms with Crippen molar-refractivity contribution < 1.29 is 4.39 Å². The number of hydrogen-bond acceptors (Lipinski definition) is 0. The van der Waals surface area contributed by atoms with Gasteiger partial charge in [0.1, 0.15) is 0 Å². The smallest absolute Gasteiger partial charge is 0.0973 e. The standard InChI is InChI=1S/C10H21F/c1-5-8(2)9(3)6-7-10(4)11/h8-10H,5-7H2,1-4H3/t8?,9-,10+/m1/s1. The van der Waals surface area contributed by atoms with Crippen LogP contribution in [0.4, 0.5) is 4.39 Å². The molecule has 0 saturated carbocycles. The molecule has 0 heterocycles. The van der Waals surface area contributed by atoms with E-state index in [9.17, 15) is 4.39 Å². The van der Waals surface area contributed by atoms with Crippen molar-refractivity contribution in [1.29, 1.82) is 0 Å². The van der Waals surface area contributed by atoms with Crippen LogP contribution in [-0.4, -0.2) is 6.17 Å². The monoisotopic (exact) mass is 160 g/mol. The minimum Gasteiger partial charge on any atom is -0.248 e. The number of alkyl halides is 1. The van der Waals surface area contributed by atoms with Crippen molar-refractivity contribution in [2.24, 2.45) is 11.8 Å². The Kier molecular flexibility index (Phi) is 5.53. The summed E-state index contributed by atoms with van der Waals surface area (Å²) in [6.45, 7) is 8.30. The molecule has 0 aliphatic rings. The fourth-order valence-electron chi connectivity index (χ4n) is 1.18. The molecule has 1 unspecified atom stereocenters. The Balaban J connectivity index is 3.43. The minimum absolute atomic E-state index is 0.624. The van der Waals surface area contributed by atoms with Crippen LogP contribution in [0.2, 0.25) is 0 Å². The van der Waals surface area contributed by atoms with E-state index in [-0.39, 0.29) is 0 Å². The Morgan fingerprint density at radius 1 is 1.00 bits per heavy atom. The van der Waals surface area contributed by atoms with Gasteiger partial charge in [-0.15, -0.1) is 0 Å². The molecule has 0 aromatic rings. The highest BCUT2D eigenvalue weighted by Crippen LogP contribution is 2.20. The molecule has 0 rings (SSSR count). The summed E-state index contributed by atoms with van der Waals surface area (Å²) in [5.74, 6) is 1.42. The molecule has 0 amide bonds. The molecule has 68 valence electrons. The number of rotatable bonds is 5. The molecule has 0 aromatic heterocycles. The van der Waals surface area contributed by atoms with Gasteiger partial charge in [-0.05, 0) is 31.6 Å². The average Bonchev–Trinajstić information content (AvgIpc) is 1.98. The first-order valence-corrected chi connectivity index (χ1v) is 4.72. The van der Waals surface area contributed by atoms with Gasteiger partial charge < -0.3 is 0 Å². The highest BCUT2D eigenvalue weighted by atomic mass is 19.1. The van der Waals surface area contributed by atoms with Gasteiger partial charge in [0, 0.05) is 0 Å². The van der Waals surface area contributed by atoms with Crippen LogP contribution in [0, 0.1) is 11.8 Å². The van der Waals surface area contributed by atoms with Gasteiger partial charge in [-0.1, -0.05) is 27.2 Å². The Morgan fingerprint density at radius 3 is 1.91 bits per heavy atom. The summed E-state index contributed by atoms with van der Waals surface area (Å²) in [6, 6.07) is 0. The average molecular weight is 160 g/mol. The maximum absolute atomic E-state index is 12.4. The third-order valence-corrected chi connectivity index (χ3v) is 2.64. The number of hydrogen-bond donors (Lipinski definition) is 0. The summed E-state index contributed by atoms with van der Waals surface area (Å²) in [5.41, 5.74) is 0. The SMILES string of the molecule is CCC(C)[C@H](C)CC[C@H](C)F. The fraction of sp³-hybridized carbons (Fsp3) is 1.00. The lowest BCUT2D eigenvalue weighted by atomic mass is 9.89. The maximum Gasteiger partial charge on any atom is 0.0973 e. The van der Waals surface area contributed by atoms with Gasteiger partial charge in [-0.2, -0.15) is 0 Å². The number of halogens is 1. The van der Waals surface area contributed by atoms with Gasteiger partial charge in [0.25, 0.3) is 0 Å². The molecule has 0 aliphatic carbocycles. The van der Waals surface area contributed by atoms with E-state index in [0.717, 1.165) is 18.8 Å². The zero-order valence-electron chi connectivity index (χ0n) is 8.23. The van der Waals surface area contributed by atoms with Crippen LogP contribution < -0.4 is 0 Å². The van der Waals surface area contributed by atoms with Gasteiger partial charge in [0.15, 0.2) is 0 Å². The molecular weight excluding hydrogens is 139 g/mol.